The Kier molecular flexibility index (Phi) is 5.53. The van der Waals surface area contributed by atoms with Crippen LogP contribution in [-0.2, 0) is 4.79 Å². The van der Waals surface area contributed by atoms with E-state index in [1.54, 1.807) is 12.3 Å². The van der Waals surface area contributed by atoms with Crippen LogP contribution in [0.4, 0.5) is 0 Å². The van der Waals surface area contributed by atoms with Gasteiger partial charge >= 0.3 is 0 Å². The normalized spacial score (nSPS) is 10.5. The summed E-state index contributed by atoms with van der Waals surface area (Å²) in [5, 5.41) is 0. The second kappa shape index (κ2) is 5.96. The molecule has 0 unspecified atom stereocenters. The summed E-state index contributed by atoms with van der Waals surface area (Å²) >= 11 is 0. The van der Waals surface area contributed by atoms with Gasteiger partial charge in [0.2, 0.25) is 0 Å². The number of allylic oxidation sites excluding steroid dienone is 1. The van der Waals surface area contributed by atoms with Crippen LogP contribution >= 0.6 is 0 Å². The molecule has 0 heterocycles. The standard InChI is InChI=1S/C9H17NO/c1-4-5-6-9(11)7-8-10(2)3/h7-8H,4-6H2,1-3H3/b8-7+. The van der Waals surface area contributed by atoms with Crippen molar-refractivity contribution in [2.24, 2.45) is 0 Å². The molecule has 0 spiro atoms. The van der Waals surface area contributed by atoms with Crippen LogP contribution in [0, 0.1) is 0 Å². The maximum atomic E-state index is 11.0. The van der Waals surface area contributed by atoms with Crippen LogP contribution in [0.5, 0.6) is 0 Å². The van der Waals surface area contributed by atoms with Crippen LogP contribution < -0.4 is 0 Å². The van der Waals surface area contributed by atoms with E-state index in [2.05, 4.69) is 6.92 Å². The van der Waals surface area contributed by atoms with Crippen LogP contribution in [0.2, 0.25) is 0 Å². The number of carbonyl (C=O) groups excluding carboxylic acids is 1. The molecule has 0 aromatic heterocycles. The Bertz CT molecular complexity index is 138. The van der Waals surface area contributed by atoms with Gasteiger partial charge < -0.3 is 4.90 Å². The van der Waals surface area contributed by atoms with Crippen LogP contribution in [0.3, 0.4) is 0 Å². The lowest BCUT2D eigenvalue weighted by molar-refractivity contribution is -0.114. The van der Waals surface area contributed by atoms with E-state index < -0.39 is 0 Å². The monoisotopic (exact) mass is 155 g/mol. The molecule has 0 aliphatic carbocycles. The van der Waals surface area contributed by atoms with Gasteiger partial charge in [-0.3, -0.25) is 4.79 Å². The third-order valence-electron chi connectivity index (χ3n) is 1.34. The van der Waals surface area contributed by atoms with Crippen molar-refractivity contribution in [3.63, 3.8) is 0 Å². The lowest BCUT2D eigenvalue weighted by atomic mass is 10.2. The zero-order valence-electron chi connectivity index (χ0n) is 7.63. The molecule has 11 heavy (non-hydrogen) atoms. The van der Waals surface area contributed by atoms with E-state index in [1.807, 2.05) is 19.0 Å². The number of unbranched alkanes of at least 4 members (excludes halogenated alkanes) is 1. The van der Waals surface area contributed by atoms with Gasteiger partial charge in [-0.05, 0) is 12.5 Å². The quantitative estimate of drug-likeness (QED) is 0.564. The van der Waals surface area contributed by atoms with Crippen LogP contribution in [0.1, 0.15) is 26.2 Å². The number of rotatable bonds is 5. The molecule has 0 aliphatic rings. The smallest absolute Gasteiger partial charge is 0.157 e. The summed E-state index contributed by atoms with van der Waals surface area (Å²) in [6.45, 7) is 2.09. The largest absolute Gasteiger partial charge is 0.383 e. The predicted octanol–water partition coefficient (Wildman–Crippen LogP) is 1.82. The van der Waals surface area contributed by atoms with E-state index in [-0.39, 0.29) is 5.78 Å². The van der Waals surface area contributed by atoms with Gasteiger partial charge in [0.15, 0.2) is 5.78 Å². The molecule has 0 saturated heterocycles. The summed E-state index contributed by atoms with van der Waals surface area (Å²) in [6.07, 6.45) is 6.19. The van der Waals surface area contributed by atoms with Crippen LogP contribution in [-0.4, -0.2) is 24.8 Å². The van der Waals surface area contributed by atoms with Gasteiger partial charge in [0.1, 0.15) is 0 Å². The maximum absolute atomic E-state index is 11.0. The van der Waals surface area contributed by atoms with Gasteiger partial charge in [-0.1, -0.05) is 13.3 Å². The highest BCUT2D eigenvalue weighted by Gasteiger charge is 1.93. The molecule has 64 valence electrons. The second-order valence-corrected chi connectivity index (χ2v) is 2.85. The van der Waals surface area contributed by atoms with Crippen molar-refractivity contribution in [3.05, 3.63) is 12.3 Å². The molecule has 0 radical (unpaired) electrons. The molecule has 0 aliphatic heterocycles. The topological polar surface area (TPSA) is 20.3 Å². The first-order valence-electron chi connectivity index (χ1n) is 4.04. The number of hydrogen-bond donors (Lipinski definition) is 0. The lowest BCUT2D eigenvalue weighted by Crippen LogP contribution is -2.02. The third kappa shape index (κ3) is 7.10. The van der Waals surface area contributed by atoms with Gasteiger partial charge in [0.25, 0.3) is 0 Å². The van der Waals surface area contributed by atoms with E-state index in [0.29, 0.717) is 6.42 Å². The van der Waals surface area contributed by atoms with Crippen molar-refractivity contribution in [2.75, 3.05) is 14.1 Å². The molecule has 0 aromatic carbocycles. The highest BCUT2D eigenvalue weighted by atomic mass is 16.1. The minimum Gasteiger partial charge on any atom is -0.383 e. The van der Waals surface area contributed by atoms with Crippen molar-refractivity contribution in [2.45, 2.75) is 26.2 Å². The van der Waals surface area contributed by atoms with E-state index in [9.17, 15) is 4.79 Å². The van der Waals surface area contributed by atoms with E-state index in [4.69, 9.17) is 0 Å². The number of carbonyl (C=O) groups is 1. The molecule has 0 N–H and O–H groups in total. The fourth-order valence-electron chi connectivity index (χ4n) is 0.667. The Hall–Kier alpha value is -0.790. The Morgan fingerprint density at radius 1 is 1.45 bits per heavy atom. The van der Waals surface area contributed by atoms with Gasteiger partial charge in [0.05, 0.1) is 0 Å². The summed E-state index contributed by atoms with van der Waals surface area (Å²) in [6, 6.07) is 0. The Balaban J connectivity index is 3.51. The first kappa shape index (κ1) is 10.2. The van der Waals surface area contributed by atoms with E-state index in [0.717, 1.165) is 12.8 Å². The molecular formula is C9H17NO. The van der Waals surface area contributed by atoms with Gasteiger partial charge in [-0.2, -0.15) is 0 Å². The fraction of sp³-hybridized carbons (Fsp3) is 0.667. The molecule has 0 saturated carbocycles. The molecule has 0 bridgehead atoms. The number of ketones is 1. The van der Waals surface area contributed by atoms with Crippen LogP contribution in [0.25, 0.3) is 0 Å². The summed E-state index contributed by atoms with van der Waals surface area (Å²) < 4.78 is 0. The Morgan fingerprint density at radius 2 is 2.09 bits per heavy atom. The molecule has 0 atom stereocenters. The minimum atomic E-state index is 0.223. The first-order valence-corrected chi connectivity index (χ1v) is 4.04. The second-order valence-electron chi connectivity index (χ2n) is 2.85. The summed E-state index contributed by atoms with van der Waals surface area (Å²) in [4.78, 5) is 12.9. The van der Waals surface area contributed by atoms with Gasteiger partial charge in [-0.15, -0.1) is 0 Å². The summed E-state index contributed by atoms with van der Waals surface area (Å²) in [5.74, 6) is 0.223. The average molecular weight is 155 g/mol. The summed E-state index contributed by atoms with van der Waals surface area (Å²) in [5.41, 5.74) is 0. The van der Waals surface area contributed by atoms with Crippen molar-refractivity contribution >= 4 is 5.78 Å². The molecule has 0 aromatic rings. The third-order valence-corrected chi connectivity index (χ3v) is 1.34. The molecule has 2 nitrogen and oxygen atoms in total. The highest BCUT2D eigenvalue weighted by Crippen LogP contribution is 1.96. The fourth-order valence-corrected chi connectivity index (χ4v) is 0.667. The molecule has 0 amide bonds. The minimum absolute atomic E-state index is 0.223. The van der Waals surface area contributed by atoms with Crippen molar-refractivity contribution < 1.29 is 4.79 Å². The maximum Gasteiger partial charge on any atom is 0.157 e. The summed E-state index contributed by atoms with van der Waals surface area (Å²) in [7, 11) is 3.81. The lowest BCUT2D eigenvalue weighted by Gasteiger charge is -2.01. The Morgan fingerprint density at radius 3 is 2.55 bits per heavy atom. The van der Waals surface area contributed by atoms with Crippen LogP contribution in [0.15, 0.2) is 12.3 Å². The van der Waals surface area contributed by atoms with Gasteiger partial charge in [0, 0.05) is 26.7 Å². The highest BCUT2D eigenvalue weighted by molar-refractivity contribution is 5.89. The zero-order chi connectivity index (χ0) is 8.69. The number of hydrogen-bond acceptors (Lipinski definition) is 2. The number of nitrogens with zero attached hydrogens (tertiary/aromatic N) is 1. The first-order chi connectivity index (χ1) is 5.16. The van der Waals surface area contributed by atoms with Crippen molar-refractivity contribution in [1.82, 2.24) is 4.90 Å². The molecule has 2 heteroatoms. The average Bonchev–Trinajstić information content (AvgIpc) is 1.97. The molecule has 0 rings (SSSR count). The SMILES string of the molecule is CCCCC(=O)/C=C/N(C)C. The Labute approximate surface area is 68.9 Å². The van der Waals surface area contributed by atoms with E-state index >= 15 is 0 Å². The predicted molar refractivity (Wildman–Crippen MR) is 47.4 cm³/mol. The van der Waals surface area contributed by atoms with Crippen molar-refractivity contribution in [3.8, 4) is 0 Å². The molecule has 0 fully saturated rings. The van der Waals surface area contributed by atoms with Gasteiger partial charge in [-0.25, -0.2) is 0 Å². The zero-order valence-corrected chi connectivity index (χ0v) is 7.63. The molecular weight excluding hydrogens is 138 g/mol. The van der Waals surface area contributed by atoms with Crippen molar-refractivity contribution in [1.29, 1.82) is 0 Å². The van der Waals surface area contributed by atoms with E-state index in [1.165, 1.54) is 0 Å².